The number of alkyl halides is 1. The maximum Gasteiger partial charge on any atom is 0.313 e. The van der Waals surface area contributed by atoms with Crippen LogP contribution in [0.5, 0.6) is 0 Å². The predicted molar refractivity (Wildman–Crippen MR) is 204 cm³/mol. The SMILES string of the molecule is C=CCCC(=O)N[C@H](C)[C@@H](OC(=O)[C@H]1[C@@H]2O[C@@]3(CC2Br)[C@@H]1C(=O)N([C@@H](CO)CC(C)C)[C@@H]3C(=O)N(CC=C)c1c(C)cccc1Cl)c1ccccc1. The van der Waals surface area contributed by atoms with E-state index in [0.29, 0.717) is 29.1 Å². The number of rotatable bonds is 16. The van der Waals surface area contributed by atoms with E-state index in [1.165, 1.54) is 9.80 Å². The van der Waals surface area contributed by atoms with Crippen LogP contribution in [-0.4, -0.2) is 81.5 Å². The molecule has 3 amide bonds. The third-order valence-electron chi connectivity index (χ3n) is 10.4. The number of hydrogen-bond donors (Lipinski definition) is 2. The highest BCUT2D eigenvalue weighted by molar-refractivity contribution is 9.09. The number of carbonyl (C=O) groups excluding carboxylic acids is 4. The van der Waals surface area contributed by atoms with Crippen molar-refractivity contribution in [1.82, 2.24) is 10.2 Å². The number of ether oxygens (including phenoxy) is 2. The van der Waals surface area contributed by atoms with Crippen LogP contribution in [0.2, 0.25) is 5.02 Å². The Bertz CT molecular complexity index is 1650. The van der Waals surface area contributed by atoms with E-state index in [9.17, 15) is 19.5 Å². The first kappa shape index (κ1) is 39.7. The van der Waals surface area contributed by atoms with E-state index >= 15 is 4.79 Å². The molecule has 0 aliphatic carbocycles. The maximum atomic E-state index is 15.1. The number of halogens is 2. The number of nitrogens with zero attached hydrogens (tertiary/aromatic N) is 2. The largest absolute Gasteiger partial charge is 0.455 e. The van der Waals surface area contributed by atoms with E-state index in [2.05, 4.69) is 34.4 Å². The van der Waals surface area contributed by atoms with Crippen LogP contribution in [0.25, 0.3) is 0 Å². The summed E-state index contributed by atoms with van der Waals surface area (Å²) in [7, 11) is 0. The molecule has 280 valence electrons. The molecule has 10 nitrogen and oxygen atoms in total. The second-order valence-electron chi connectivity index (χ2n) is 14.5. The molecule has 52 heavy (non-hydrogen) atoms. The second-order valence-corrected chi connectivity index (χ2v) is 16.1. The topological polar surface area (TPSA) is 125 Å². The standard InChI is InChI=1S/C40H49BrClN3O7/c1-7-9-18-30(47)43-25(6)34(26-15-11-10-12-16-26)51-39(50)31-32-37(48)45(27(22-46)20-23(3)4)36(40(32)21-28(41)35(31)52-40)38(49)44(19-8-2)33-24(5)14-13-17-29(33)42/h7-8,10-17,23,25,27-28,31-32,34-36,46H,1-2,9,18-22H2,3-6H3,(H,43,47)/t25-,27-,28?,31-,32+,34-,35-,36-,40+/m1/s1. The van der Waals surface area contributed by atoms with Crippen molar-refractivity contribution in [2.45, 2.75) is 94.1 Å². The number of nitrogens with one attached hydrogen (secondary N) is 1. The van der Waals surface area contributed by atoms with E-state index < -0.39 is 72.2 Å². The summed E-state index contributed by atoms with van der Waals surface area (Å²) in [6, 6.07) is 11.9. The Balaban J connectivity index is 1.57. The molecule has 3 saturated heterocycles. The van der Waals surface area contributed by atoms with Crippen LogP contribution in [-0.2, 0) is 28.7 Å². The Morgan fingerprint density at radius 3 is 2.48 bits per heavy atom. The van der Waals surface area contributed by atoms with Gasteiger partial charge in [0.1, 0.15) is 17.7 Å². The first-order chi connectivity index (χ1) is 24.8. The third-order valence-corrected chi connectivity index (χ3v) is 11.6. The van der Waals surface area contributed by atoms with Crippen molar-refractivity contribution in [1.29, 1.82) is 0 Å². The minimum atomic E-state index is -1.41. The molecule has 5 rings (SSSR count). The van der Waals surface area contributed by atoms with Gasteiger partial charge in [0.15, 0.2) is 0 Å². The summed E-state index contributed by atoms with van der Waals surface area (Å²) < 4.78 is 13.1. The Hall–Kier alpha value is -3.51. The summed E-state index contributed by atoms with van der Waals surface area (Å²) in [4.78, 5) is 59.9. The molecular formula is C40H49BrClN3O7. The number of likely N-dealkylation sites (tertiary alicyclic amines) is 1. The van der Waals surface area contributed by atoms with Crippen molar-refractivity contribution < 1.29 is 33.8 Å². The van der Waals surface area contributed by atoms with Gasteiger partial charge in [-0.2, -0.15) is 0 Å². The normalized spacial score (nSPS) is 26.4. The van der Waals surface area contributed by atoms with Crippen LogP contribution in [0.3, 0.4) is 0 Å². The Morgan fingerprint density at radius 1 is 1.15 bits per heavy atom. The van der Waals surface area contributed by atoms with Gasteiger partial charge >= 0.3 is 5.97 Å². The molecule has 0 aromatic heterocycles. The molecule has 3 aliphatic heterocycles. The highest BCUT2D eigenvalue weighted by atomic mass is 79.9. The highest BCUT2D eigenvalue weighted by Gasteiger charge is 2.77. The first-order valence-electron chi connectivity index (χ1n) is 17.9. The summed E-state index contributed by atoms with van der Waals surface area (Å²) in [6.07, 6.45) is 3.01. The van der Waals surface area contributed by atoms with Crippen LogP contribution in [0.4, 0.5) is 5.69 Å². The highest BCUT2D eigenvalue weighted by Crippen LogP contribution is 2.61. The average molecular weight is 799 g/mol. The number of amides is 3. The van der Waals surface area contributed by atoms with E-state index in [0.717, 1.165) is 5.56 Å². The summed E-state index contributed by atoms with van der Waals surface area (Å²) >= 11 is 10.5. The fraction of sp³-hybridized carbons (Fsp3) is 0.500. The van der Waals surface area contributed by atoms with Crippen LogP contribution in [0.15, 0.2) is 73.8 Å². The second kappa shape index (κ2) is 16.7. The zero-order valence-corrected chi connectivity index (χ0v) is 32.5. The van der Waals surface area contributed by atoms with Crippen molar-refractivity contribution in [3.05, 3.63) is 90.0 Å². The minimum Gasteiger partial charge on any atom is -0.455 e. The average Bonchev–Trinajstić information content (AvgIpc) is 3.71. The number of fused-ring (bicyclic) bond motifs is 1. The molecule has 0 saturated carbocycles. The number of esters is 1. The number of benzene rings is 2. The van der Waals surface area contributed by atoms with E-state index in [-0.39, 0.29) is 36.0 Å². The fourth-order valence-corrected chi connectivity index (χ4v) is 9.57. The zero-order chi connectivity index (χ0) is 37.9. The van der Waals surface area contributed by atoms with Crippen LogP contribution < -0.4 is 10.2 Å². The Kier molecular flexibility index (Phi) is 12.7. The number of aliphatic hydroxyl groups is 1. The fourth-order valence-electron chi connectivity index (χ4n) is 8.30. The molecule has 3 aliphatic rings. The van der Waals surface area contributed by atoms with E-state index in [1.807, 2.05) is 57.2 Å². The predicted octanol–water partition coefficient (Wildman–Crippen LogP) is 6.08. The molecule has 0 radical (unpaired) electrons. The van der Waals surface area contributed by atoms with Gasteiger partial charge in [0.05, 0.1) is 47.3 Å². The number of allylic oxidation sites excluding steroid dienone is 1. The molecule has 9 atom stereocenters. The molecular weight excluding hydrogens is 750 g/mol. The van der Waals surface area contributed by atoms with Gasteiger partial charge in [-0.3, -0.25) is 19.2 Å². The van der Waals surface area contributed by atoms with Gasteiger partial charge in [-0.25, -0.2) is 0 Å². The smallest absolute Gasteiger partial charge is 0.313 e. The van der Waals surface area contributed by atoms with Crippen molar-refractivity contribution in [2.24, 2.45) is 17.8 Å². The lowest BCUT2D eigenvalue weighted by Crippen LogP contribution is -2.59. The summed E-state index contributed by atoms with van der Waals surface area (Å²) in [6.45, 7) is 14.9. The van der Waals surface area contributed by atoms with Crippen LogP contribution in [0.1, 0.15) is 63.7 Å². The molecule has 2 N–H and O–H groups in total. The molecule has 1 unspecified atom stereocenters. The lowest BCUT2D eigenvalue weighted by atomic mass is 9.70. The molecule has 2 aromatic carbocycles. The summed E-state index contributed by atoms with van der Waals surface area (Å²) in [5.74, 6) is -3.84. The van der Waals surface area contributed by atoms with Crippen molar-refractivity contribution in [3.63, 3.8) is 0 Å². The number of carbonyl (C=O) groups is 4. The lowest BCUT2D eigenvalue weighted by Gasteiger charge is -2.40. The van der Waals surface area contributed by atoms with Gasteiger partial charge < -0.3 is 29.7 Å². The van der Waals surface area contributed by atoms with Crippen molar-refractivity contribution in [2.75, 3.05) is 18.1 Å². The molecule has 3 heterocycles. The number of anilines is 1. The number of aliphatic hydroxyl groups excluding tert-OH is 1. The maximum absolute atomic E-state index is 15.1. The molecule has 12 heteroatoms. The Morgan fingerprint density at radius 2 is 1.87 bits per heavy atom. The van der Waals surface area contributed by atoms with E-state index in [1.54, 1.807) is 31.2 Å². The lowest BCUT2D eigenvalue weighted by molar-refractivity contribution is -0.162. The van der Waals surface area contributed by atoms with Gasteiger partial charge in [-0.1, -0.05) is 96.0 Å². The van der Waals surface area contributed by atoms with Crippen molar-refractivity contribution in [3.8, 4) is 0 Å². The van der Waals surface area contributed by atoms with Crippen LogP contribution in [0, 0.1) is 24.7 Å². The molecule has 2 bridgehead atoms. The third kappa shape index (κ3) is 7.47. The number of aryl methyl sites for hydroxylation is 1. The number of para-hydroxylation sites is 1. The number of hydrogen-bond acceptors (Lipinski definition) is 7. The molecule has 3 fully saturated rings. The van der Waals surface area contributed by atoms with Gasteiger partial charge in [-0.15, -0.1) is 13.2 Å². The minimum absolute atomic E-state index is 0.0745. The molecule has 2 aromatic rings. The summed E-state index contributed by atoms with van der Waals surface area (Å²) in [5.41, 5.74) is 0.492. The quantitative estimate of drug-likeness (QED) is 0.120. The summed E-state index contributed by atoms with van der Waals surface area (Å²) in [5, 5.41) is 14.1. The first-order valence-corrected chi connectivity index (χ1v) is 19.2. The monoisotopic (exact) mass is 797 g/mol. The van der Waals surface area contributed by atoms with Gasteiger partial charge in [0, 0.05) is 17.8 Å². The van der Waals surface area contributed by atoms with Crippen LogP contribution >= 0.6 is 27.5 Å². The van der Waals surface area contributed by atoms with Gasteiger partial charge in [0.2, 0.25) is 11.8 Å². The Labute approximate surface area is 319 Å². The van der Waals surface area contributed by atoms with Gasteiger partial charge in [0.25, 0.3) is 5.91 Å². The molecule has 1 spiro atoms. The zero-order valence-electron chi connectivity index (χ0n) is 30.2. The van der Waals surface area contributed by atoms with Crippen molar-refractivity contribution >= 4 is 56.9 Å². The van der Waals surface area contributed by atoms with Gasteiger partial charge in [-0.05, 0) is 56.2 Å². The van der Waals surface area contributed by atoms with E-state index in [4.69, 9.17) is 21.1 Å².